The molecule has 21 heavy (non-hydrogen) atoms. The number of aromatic amines is 1. The quantitative estimate of drug-likeness (QED) is 0.754. The van der Waals surface area contributed by atoms with Crippen LogP contribution in [0.3, 0.4) is 0 Å². The van der Waals surface area contributed by atoms with E-state index in [0.717, 1.165) is 22.9 Å². The van der Waals surface area contributed by atoms with Crippen LogP contribution in [0.25, 0.3) is 10.9 Å². The Morgan fingerprint density at radius 3 is 2.81 bits per heavy atom. The molecular weight excluding hydrogens is 310 g/mol. The standard InChI is InChI=1S/C14H12ClN3O2S/c1-8-13(4-10(7-19)18(8)2)21(20)11-3-9-6-16-17-14(9)12(15)5-11/h3-7H,1-2H3,(H,16,17). The highest BCUT2D eigenvalue weighted by atomic mass is 35.5. The topological polar surface area (TPSA) is 67.8 Å². The normalized spacial score (nSPS) is 12.7. The van der Waals surface area contributed by atoms with Crippen molar-refractivity contribution in [3.05, 3.63) is 40.8 Å². The van der Waals surface area contributed by atoms with Gasteiger partial charge in [0.2, 0.25) is 0 Å². The van der Waals surface area contributed by atoms with Crippen molar-refractivity contribution in [2.75, 3.05) is 0 Å². The molecule has 3 rings (SSSR count). The average molecular weight is 322 g/mol. The molecule has 2 aromatic heterocycles. The van der Waals surface area contributed by atoms with Gasteiger partial charge in [0.15, 0.2) is 6.29 Å². The minimum Gasteiger partial charge on any atom is -0.345 e. The lowest BCUT2D eigenvalue weighted by atomic mass is 10.2. The summed E-state index contributed by atoms with van der Waals surface area (Å²) in [6.45, 7) is 1.83. The van der Waals surface area contributed by atoms with Gasteiger partial charge in [-0.25, -0.2) is 4.21 Å². The molecule has 1 N–H and O–H groups in total. The molecule has 1 atom stereocenters. The smallest absolute Gasteiger partial charge is 0.166 e. The van der Waals surface area contributed by atoms with Crippen LogP contribution in [0.1, 0.15) is 16.2 Å². The SMILES string of the molecule is Cc1c(S(=O)c2cc(Cl)c3[nH]ncc3c2)cc(C=O)n1C. The minimum absolute atomic E-state index is 0.470. The Balaban J connectivity index is 2.14. The molecule has 7 heteroatoms. The second-order valence-corrected chi connectivity index (χ2v) is 6.56. The summed E-state index contributed by atoms with van der Waals surface area (Å²) in [5, 5.41) is 7.99. The van der Waals surface area contributed by atoms with E-state index in [1.165, 1.54) is 0 Å². The number of benzene rings is 1. The number of carbonyl (C=O) groups excluding carboxylic acids is 1. The molecule has 0 fully saturated rings. The molecule has 0 saturated carbocycles. The maximum atomic E-state index is 12.8. The minimum atomic E-state index is -1.41. The van der Waals surface area contributed by atoms with Crippen LogP contribution in [0.2, 0.25) is 5.02 Å². The summed E-state index contributed by atoms with van der Waals surface area (Å²) in [5.74, 6) is 0. The van der Waals surface area contributed by atoms with E-state index in [1.54, 1.807) is 36.0 Å². The van der Waals surface area contributed by atoms with Crippen molar-refractivity contribution >= 4 is 39.6 Å². The van der Waals surface area contributed by atoms with Gasteiger partial charge >= 0.3 is 0 Å². The fourth-order valence-electron chi connectivity index (χ4n) is 2.22. The first-order chi connectivity index (χ1) is 10.0. The third-order valence-corrected chi connectivity index (χ3v) is 5.31. The van der Waals surface area contributed by atoms with Crippen molar-refractivity contribution in [2.45, 2.75) is 16.7 Å². The van der Waals surface area contributed by atoms with Crippen molar-refractivity contribution in [1.82, 2.24) is 14.8 Å². The number of rotatable bonds is 3. The zero-order chi connectivity index (χ0) is 15.1. The van der Waals surface area contributed by atoms with Crippen LogP contribution in [0, 0.1) is 6.92 Å². The number of hydrogen-bond donors (Lipinski definition) is 1. The Morgan fingerprint density at radius 1 is 1.38 bits per heavy atom. The van der Waals surface area contributed by atoms with Crippen LogP contribution in [-0.4, -0.2) is 25.3 Å². The summed E-state index contributed by atoms with van der Waals surface area (Å²) in [4.78, 5) is 12.2. The molecule has 1 unspecified atom stereocenters. The van der Waals surface area contributed by atoms with Crippen molar-refractivity contribution in [3.8, 4) is 0 Å². The summed E-state index contributed by atoms with van der Waals surface area (Å²) in [5.41, 5.74) is 2.00. The molecule has 1 aromatic carbocycles. The van der Waals surface area contributed by atoms with Gasteiger partial charge in [-0.15, -0.1) is 0 Å². The summed E-state index contributed by atoms with van der Waals surface area (Å²) in [6.07, 6.45) is 2.39. The van der Waals surface area contributed by atoms with Crippen LogP contribution in [0.15, 0.2) is 34.2 Å². The molecule has 0 bridgehead atoms. The van der Waals surface area contributed by atoms with Gasteiger partial charge in [-0.05, 0) is 25.1 Å². The Bertz CT molecular complexity index is 882. The van der Waals surface area contributed by atoms with E-state index < -0.39 is 10.8 Å². The van der Waals surface area contributed by atoms with E-state index in [4.69, 9.17) is 11.6 Å². The van der Waals surface area contributed by atoms with Crippen LogP contribution in [0.4, 0.5) is 0 Å². The molecule has 2 heterocycles. The van der Waals surface area contributed by atoms with E-state index in [-0.39, 0.29) is 0 Å². The number of H-pyrrole nitrogens is 1. The van der Waals surface area contributed by atoms with Crippen LogP contribution < -0.4 is 0 Å². The number of fused-ring (bicyclic) bond motifs is 1. The number of carbonyl (C=O) groups is 1. The molecule has 0 aliphatic carbocycles. The molecule has 0 amide bonds. The fourth-order valence-corrected chi connectivity index (χ4v) is 3.90. The first-order valence-corrected chi connectivity index (χ1v) is 7.71. The maximum absolute atomic E-state index is 12.8. The van der Waals surface area contributed by atoms with Crippen LogP contribution >= 0.6 is 11.6 Å². The largest absolute Gasteiger partial charge is 0.345 e. The highest BCUT2D eigenvalue weighted by molar-refractivity contribution is 7.85. The van der Waals surface area contributed by atoms with Gasteiger partial charge in [0, 0.05) is 23.0 Å². The van der Waals surface area contributed by atoms with Crippen molar-refractivity contribution in [3.63, 3.8) is 0 Å². The van der Waals surface area contributed by atoms with Gasteiger partial charge in [0.1, 0.15) is 0 Å². The van der Waals surface area contributed by atoms with Crippen molar-refractivity contribution < 1.29 is 9.00 Å². The Labute approximate surface area is 128 Å². The lowest BCUT2D eigenvalue weighted by Crippen LogP contribution is -1.98. The van der Waals surface area contributed by atoms with E-state index in [1.807, 2.05) is 6.92 Å². The zero-order valence-electron chi connectivity index (χ0n) is 11.4. The second kappa shape index (κ2) is 5.13. The highest BCUT2D eigenvalue weighted by Gasteiger charge is 2.17. The number of aromatic nitrogens is 3. The molecular formula is C14H12ClN3O2S. The van der Waals surface area contributed by atoms with Crippen LogP contribution in [-0.2, 0) is 17.8 Å². The number of aldehydes is 1. The van der Waals surface area contributed by atoms with E-state index in [2.05, 4.69) is 10.2 Å². The van der Waals surface area contributed by atoms with Crippen molar-refractivity contribution in [2.24, 2.45) is 7.05 Å². The lowest BCUT2D eigenvalue weighted by Gasteiger charge is -2.04. The zero-order valence-corrected chi connectivity index (χ0v) is 13.0. The number of nitrogens with one attached hydrogen (secondary N) is 1. The highest BCUT2D eigenvalue weighted by Crippen LogP contribution is 2.29. The third-order valence-electron chi connectivity index (χ3n) is 3.53. The predicted molar refractivity (Wildman–Crippen MR) is 81.3 cm³/mol. The summed E-state index contributed by atoms with van der Waals surface area (Å²) >= 11 is 6.17. The van der Waals surface area contributed by atoms with E-state index in [0.29, 0.717) is 20.5 Å². The van der Waals surface area contributed by atoms with E-state index in [9.17, 15) is 9.00 Å². The lowest BCUT2D eigenvalue weighted by molar-refractivity contribution is 0.111. The Hall–Kier alpha value is -1.92. The molecule has 0 aliphatic heterocycles. The number of nitrogens with zero attached hydrogens (tertiary/aromatic N) is 2. The predicted octanol–water partition coefficient (Wildman–Crippen LogP) is 2.84. The summed E-state index contributed by atoms with van der Waals surface area (Å²) in [7, 11) is 0.364. The van der Waals surface area contributed by atoms with Gasteiger partial charge in [-0.1, -0.05) is 11.6 Å². The van der Waals surface area contributed by atoms with Crippen LogP contribution in [0.5, 0.6) is 0 Å². The second-order valence-electron chi connectivity index (χ2n) is 4.70. The monoisotopic (exact) mass is 321 g/mol. The van der Waals surface area contributed by atoms with Gasteiger partial charge in [0.05, 0.1) is 38.1 Å². The molecule has 0 saturated heterocycles. The molecule has 0 spiro atoms. The van der Waals surface area contributed by atoms with Crippen molar-refractivity contribution in [1.29, 1.82) is 0 Å². The molecule has 108 valence electrons. The van der Waals surface area contributed by atoms with E-state index >= 15 is 0 Å². The van der Waals surface area contributed by atoms with Gasteiger partial charge in [-0.2, -0.15) is 5.10 Å². The first kappa shape index (κ1) is 14.0. The third kappa shape index (κ3) is 2.20. The summed E-state index contributed by atoms with van der Waals surface area (Å²) in [6, 6.07) is 5.09. The van der Waals surface area contributed by atoms with Gasteiger partial charge < -0.3 is 4.57 Å². The maximum Gasteiger partial charge on any atom is 0.166 e. The average Bonchev–Trinajstić information content (AvgIpc) is 3.05. The molecule has 3 aromatic rings. The van der Waals surface area contributed by atoms with Gasteiger partial charge in [0.25, 0.3) is 0 Å². The Morgan fingerprint density at radius 2 is 2.14 bits per heavy atom. The molecule has 0 radical (unpaired) electrons. The fraction of sp³-hybridized carbons (Fsp3) is 0.143. The number of halogens is 1. The van der Waals surface area contributed by atoms with Gasteiger partial charge in [-0.3, -0.25) is 9.89 Å². The molecule has 0 aliphatic rings. The molecule has 5 nitrogen and oxygen atoms in total. The number of hydrogen-bond acceptors (Lipinski definition) is 3. The Kier molecular flexibility index (Phi) is 3.43. The first-order valence-electron chi connectivity index (χ1n) is 6.19. The summed E-state index contributed by atoms with van der Waals surface area (Å²) < 4.78 is 14.5.